The van der Waals surface area contributed by atoms with Crippen molar-refractivity contribution in [2.24, 2.45) is 4.99 Å². The third kappa shape index (κ3) is 6.83. The predicted octanol–water partition coefficient (Wildman–Crippen LogP) is 4.20. The fourth-order valence-electron chi connectivity index (χ4n) is 3.44. The number of hydrogen-bond donors (Lipinski definition) is 1. The zero-order chi connectivity index (χ0) is 23.1. The van der Waals surface area contributed by atoms with E-state index in [9.17, 15) is 4.39 Å². The Kier molecular flexibility index (Phi) is 9.95. The lowest BCUT2D eigenvalue weighted by molar-refractivity contribution is 0.353. The molecule has 1 N–H and O–H groups in total. The fourth-order valence-corrected chi connectivity index (χ4v) is 3.44. The summed E-state index contributed by atoms with van der Waals surface area (Å²) in [5.41, 5.74) is 4.02. The van der Waals surface area contributed by atoms with Crippen LogP contribution >= 0.6 is 24.0 Å². The van der Waals surface area contributed by atoms with Crippen molar-refractivity contribution in [1.29, 1.82) is 0 Å². The number of aryl methyl sites for hydroxylation is 1. The van der Waals surface area contributed by atoms with E-state index in [0.29, 0.717) is 18.8 Å². The fraction of sp³-hybridized carbons (Fsp3) is 0.333. The summed E-state index contributed by atoms with van der Waals surface area (Å²) in [4.78, 5) is 6.46. The van der Waals surface area contributed by atoms with Crippen LogP contribution in [-0.4, -0.2) is 55.5 Å². The number of nitrogens with zero attached hydrogens (tertiary/aromatic N) is 4. The van der Waals surface area contributed by atoms with Crippen LogP contribution in [0.3, 0.4) is 0 Å². The molecule has 0 aliphatic rings. The van der Waals surface area contributed by atoms with E-state index in [1.54, 1.807) is 38.1 Å². The smallest absolute Gasteiger partial charge is 0.193 e. The van der Waals surface area contributed by atoms with Crippen molar-refractivity contribution in [2.75, 3.05) is 34.9 Å². The molecule has 0 aliphatic carbocycles. The Balaban J connectivity index is 0.00000385. The van der Waals surface area contributed by atoms with Crippen LogP contribution in [0.1, 0.15) is 16.8 Å². The topological polar surface area (TPSA) is 63.9 Å². The van der Waals surface area contributed by atoms with Gasteiger partial charge in [0.25, 0.3) is 0 Å². The van der Waals surface area contributed by atoms with Gasteiger partial charge in [-0.2, -0.15) is 5.10 Å². The third-order valence-electron chi connectivity index (χ3n) is 5.22. The van der Waals surface area contributed by atoms with Gasteiger partial charge in [0, 0.05) is 39.8 Å². The molecule has 1 aromatic heterocycles. The lowest BCUT2D eigenvalue weighted by Gasteiger charge is -2.23. The second-order valence-corrected chi connectivity index (χ2v) is 7.44. The molecule has 0 unspecified atom stereocenters. The molecule has 0 radical (unpaired) electrons. The first-order valence-corrected chi connectivity index (χ1v) is 10.4. The van der Waals surface area contributed by atoms with Crippen LogP contribution in [-0.2, 0) is 13.0 Å². The minimum Gasteiger partial charge on any atom is -0.493 e. The molecule has 0 bridgehead atoms. The summed E-state index contributed by atoms with van der Waals surface area (Å²) >= 11 is 0. The minimum absolute atomic E-state index is 0. The van der Waals surface area contributed by atoms with E-state index in [4.69, 9.17) is 9.47 Å². The van der Waals surface area contributed by atoms with Gasteiger partial charge in [-0.15, -0.1) is 24.0 Å². The normalized spacial score (nSPS) is 11.0. The van der Waals surface area contributed by atoms with Crippen molar-refractivity contribution in [3.63, 3.8) is 0 Å². The molecule has 7 nitrogen and oxygen atoms in total. The molecule has 3 rings (SSSR count). The lowest BCUT2D eigenvalue weighted by Crippen LogP contribution is -2.39. The first-order chi connectivity index (χ1) is 15.4. The van der Waals surface area contributed by atoms with E-state index in [1.165, 1.54) is 12.1 Å². The number of aliphatic imine (C=N–C) groups is 1. The van der Waals surface area contributed by atoms with Gasteiger partial charge < -0.3 is 19.7 Å². The number of halogens is 2. The van der Waals surface area contributed by atoms with E-state index in [-0.39, 0.29) is 29.8 Å². The first kappa shape index (κ1) is 26.4. The number of ether oxygens (including phenoxy) is 2. The summed E-state index contributed by atoms with van der Waals surface area (Å²) in [6.07, 6.45) is 2.61. The molecular weight excluding hydrogens is 536 g/mol. The molecule has 0 atom stereocenters. The maximum atomic E-state index is 13.1. The highest BCUT2D eigenvalue weighted by Gasteiger charge is 2.13. The van der Waals surface area contributed by atoms with Crippen LogP contribution in [0.2, 0.25) is 0 Å². The third-order valence-corrected chi connectivity index (χ3v) is 5.22. The van der Waals surface area contributed by atoms with Crippen molar-refractivity contribution < 1.29 is 13.9 Å². The van der Waals surface area contributed by atoms with Crippen molar-refractivity contribution in [2.45, 2.75) is 19.9 Å². The maximum Gasteiger partial charge on any atom is 0.193 e. The molecule has 0 amide bonds. The Labute approximate surface area is 211 Å². The van der Waals surface area contributed by atoms with Gasteiger partial charge in [0.15, 0.2) is 17.5 Å². The number of methoxy groups -OCH3 is 2. The quantitative estimate of drug-likeness (QED) is 0.251. The molecule has 9 heteroatoms. The average molecular weight is 567 g/mol. The van der Waals surface area contributed by atoms with E-state index in [2.05, 4.69) is 27.2 Å². The maximum absolute atomic E-state index is 13.1. The second-order valence-electron chi connectivity index (χ2n) is 7.44. The van der Waals surface area contributed by atoms with Gasteiger partial charge in [0.05, 0.1) is 25.6 Å². The highest BCUT2D eigenvalue weighted by molar-refractivity contribution is 14.0. The van der Waals surface area contributed by atoms with Crippen molar-refractivity contribution >= 4 is 29.9 Å². The molecule has 0 saturated carbocycles. The first-order valence-electron chi connectivity index (χ1n) is 10.4. The van der Waals surface area contributed by atoms with Crippen molar-refractivity contribution in [1.82, 2.24) is 20.0 Å². The Morgan fingerprint density at radius 2 is 1.79 bits per heavy atom. The molecule has 1 heterocycles. The van der Waals surface area contributed by atoms with Gasteiger partial charge in [0.2, 0.25) is 0 Å². The Morgan fingerprint density at radius 1 is 1.12 bits per heavy atom. The molecule has 178 valence electrons. The van der Waals surface area contributed by atoms with Crippen LogP contribution in [0.15, 0.2) is 53.7 Å². The summed E-state index contributed by atoms with van der Waals surface area (Å²) in [6, 6.07) is 12.2. The number of guanidine groups is 1. The molecule has 3 aromatic rings. The lowest BCUT2D eigenvalue weighted by atomic mass is 10.1. The van der Waals surface area contributed by atoms with Gasteiger partial charge in [-0.3, -0.25) is 4.99 Å². The number of rotatable bonds is 8. The largest absolute Gasteiger partial charge is 0.493 e. The van der Waals surface area contributed by atoms with E-state index < -0.39 is 0 Å². The van der Waals surface area contributed by atoms with Crippen LogP contribution in [0.5, 0.6) is 11.5 Å². The molecule has 2 aromatic carbocycles. The standard InChI is InChI=1S/C24H30FN5O2.HI/c1-17-14-22(31-4)23(32-5)15-18(17)16-29(3)24(26-2)27-12-10-20-11-13-30(28-20)21-8-6-19(25)7-9-21;/h6-9,11,13-15H,10,12,16H2,1-5H3,(H,26,27);1H. The molecular formula is C24H31FIN5O2. The Hall–Kier alpha value is -2.82. The van der Waals surface area contributed by atoms with Crippen LogP contribution < -0.4 is 14.8 Å². The Bertz CT molecular complexity index is 1070. The Morgan fingerprint density at radius 3 is 2.42 bits per heavy atom. The summed E-state index contributed by atoms with van der Waals surface area (Å²) in [5, 5.41) is 7.95. The SMILES string of the molecule is CN=C(NCCc1ccn(-c2ccc(F)cc2)n1)N(C)Cc1cc(OC)c(OC)cc1C.I. The summed E-state index contributed by atoms with van der Waals surface area (Å²) < 4.78 is 25.7. The van der Waals surface area contributed by atoms with Gasteiger partial charge >= 0.3 is 0 Å². The van der Waals surface area contributed by atoms with Crippen LogP contribution in [0, 0.1) is 12.7 Å². The van der Waals surface area contributed by atoms with Crippen molar-refractivity contribution in [3.05, 3.63) is 71.3 Å². The summed E-state index contributed by atoms with van der Waals surface area (Å²) in [6.45, 7) is 3.41. The van der Waals surface area contributed by atoms with Gasteiger partial charge in [-0.25, -0.2) is 9.07 Å². The number of aromatic nitrogens is 2. The van der Waals surface area contributed by atoms with Gasteiger partial charge in [0.1, 0.15) is 5.82 Å². The number of hydrogen-bond acceptors (Lipinski definition) is 4. The van der Waals surface area contributed by atoms with Crippen molar-refractivity contribution in [3.8, 4) is 17.2 Å². The minimum atomic E-state index is -0.260. The molecule has 33 heavy (non-hydrogen) atoms. The van der Waals surface area contributed by atoms with E-state index in [0.717, 1.165) is 40.6 Å². The van der Waals surface area contributed by atoms with Crippen LogP contribution in [0.25, 0.3) is 5.69 Å². The van der Waals surface area contributed by atoms with Gasteiger partial charge in [-0.05, 0) is 60.5 Å². The number of nitrogens with one attached hydrogen (secondary N) is 1. The second kappa shape index (κ2) is 12.4. The zero-order valence-electron chi connectivity index (χ0n) is 19.6. The van der Waals surface area contributed by atoms with E-state index in [1.807, 2.05) is 31.4 Å². The van der Waals surface area contributed by atoms with Gasteiger partial charge in [-0.1, -0.05) is 0 Å². The predicted molar refractivity (Wildman–Crippen MR) is 140 cm³/mol. The molecule has 0 fully saturated rings. The zero-order valence-corrected chi connectivity index (χ0v) is 22.0. The van der Waals surface area contributed by atoms with E-state index >= 15 is 0 Å². The highest BCUT2D eigenvalue weighted by Crippen LogP contribution is 2.30. The molecule has 0 saturated heterocycles. The average Bonchev–Trinajstić information content (AvgIpc) is 3.27. The monoisotopic (exact) mass is 567 g/mol. The summed E-state index contributed by atoms with van der Waals surface area (Å²) in [7, 11) is 7.04. The molecule has 0 spiro atoms. The summed E-state index contributed by atoms with van der Waals surface area (Å²) in [5.74, 6) is 1.96. The van der Waals surface area contributed by atoms with Crippen LogP contribution in [0.4, 0.5) is 4.39 Å². The molecule has 0 aliphatic heterocycles. The highest BCUT2D eigenvalue weighted by atomic mass is 127. The number of benzene rings is 2.